The summed E-state index contributed by atoms with van der Waals surface area (Å²) in [5, 5.41) is 8.28. The number of nitrogens with zero attached hydrogens (tertiary/aromatic N) is 5. The first-order chi connectivity index (χ1) is 9.25. The van der Waals surface area contributed by atoms with Crippen LogP contribution < -0.4 is 0 Å². The summed E-state index contributed by atoms with van der Waals surface area (Å²) in [4.78, 5) is 8.25. The normalized spacial score (nSPS) is 12.5. The summed E-state index contributed by atoms with van der Waals surface area (Å²) < 4.78 is 6.97. The van der Waals surface area contributed by atoms with Gasteiger partial charge in [0.1, 0.15) is 17.1 Å². The van der Waals surface area contributed by atoms with Crippen molar-refractivity contribution < 1.29 is 4.42 Å². The highest BCUT2D eigenvalue weighted by molar-refractivity contribution is 5.53. The number of hydrogen-bond acceptors (Lipinski definition) is 5. The van der Waals surface area contributed by atoms with Crippen molar-refractivity contribution in [3.05, 3.63) is 48.4 Å². The fourth-order valence-electron chi connectivity index (χ4n) is 1.90. The van der Waals surface area contributed by atoms with Crippen LogP contribution in [0.5, 0.6) is 0 Å². The number of oxazole rings is 1. The maximum Gasteiger partial charge on any atom is 0.181 e. The Kier molecular flexibility index (Phi) is 2.83. The molecule has 0 aliphatic rings. The fraction of sp³-hybridized carbons (Fsp3) is 0.231. The lowest BCUT2D eigenvalue weighted by Crippen LogP contribution is -2.07. The highest BCUT2D eigenvalue weighted by Gasteiger charge is 2.14. The van der Waals surface area contributed by atoms with Crippen LogP contribution in [0.2, 0.25) is 0 Å². The molecule has 3 aromatic heterocycles. The van der Waals surface area contributed by atoms with Gasteiger partial charge in [-0.3, -0.25) is 4.98 Å². The van der Waals surface area contributed by atoms with E-state index >= 15 is 0 Å². The van der Waals surface area contributed by atoms with E-state index in [0.29, 0.717) is 5.69 Å². The minimum absolute atomic E-state index is 0.0714. The minimum Gasteiger partial charge on any atom is -0.448 e. The maximum absolute atomic E-state index is 5.18. The van der Waals surface area contributed by atoms with E-state index in [1.165, 1.54) is 6.39 Å². The van der Waals surface area contributed by atoms with Crippen LogP contribution in [0, 0.1) is 6.92 Å². The van der Waals surface area contributed by atoms with Gasteiger partial charge in [-0.25, -0.2) is 9.67 Å². The van der Waals surface area contributed by atoms with Crippen molar-refractivity contribution in [1.82, 2.24) is 25.0 Å². The third kappa shape index (κ3) is 2.12. The van der Waals surface area contributed by atoms with Gasteiger partial charge in [-0.05, 0) is 25.5 Å². The van der Waals surface area contributed by atoms with Crippen molar-refractivity contribution >= 4 is 0 Å². The van der Waals surface area contributed by atoms with Gasteiger partial charge in [0.2, 0.25) is 0 Å². The number of rotatable bonds is 3. The van der Waals surface area contributed by atoms with Crippen LogP contribution in [0.15, 0.2) is 41.5 Å². The summed E-state index contributed by atoms with van der Waals surface area (Å²) in [6.45, 7) is 3.90. The molecule has 6 heteroatoms. The van der Waals surface area contributed by atoms with Gasteiger partial charge < -0.3 is 4.42 Å². The molecule has 19 heavy (non-hydrogen) atoms. The van der Waals surface area contributed by atoms with Crippen molar-refractivity contribution in [2.75, 3.05) is 0 Å². The Balaban J connectivity index is 1.92. The van der Waals surface area contributed by atoms with E-state index in [1.54, 1.807) is 10.9 Å². The van der Waals surface area contributed by atoms with Crippen molar-refractivity contribution in [2.24, 2.45) is 0 Å². The van der Waals surface area contributed by atoms with E-state index in [4.69, 9.17) is 4.42 Å². The monoisotopic (exact) mass is 255 g/mol. The summed E-state index contributed by atoms with van der Waals surface area (Å²) in [6.07, 6.45) is 6.85. The predicted octanol–water partition coefficient (Wildman–Crippen LogP) is 2.25. The molecule has 1 atom stereocenters. The third-order valence-electron chi connectivity index (χ3n) is 3.06. The Morgan fingerprint density at radius 1 is 1.37 bits per heavy atom. The van der Waals surface area contributed by atoms with Crippen molar-refractivity contribution in [3.63, 3.8) is 0 Å². The van der Waals surface area contributed by atoms with Gasteiger partial charge in [0.15, 0.2) is 6.39 Å². The maximum atomic E-state index is 5.18. The second-order valence-corrected chi connectivity index (χ2v) is 4.30. The molecule has 0 fully saturated rings. The summed E-state index contributed by atoms with van der Waals surface area (Å²) in [5.74, 6) is 0.737. The first kappa shape index (κ1) is 11.6. The molecule has 0 aromatic carbocycles. The number of aromatic nitrogens is 5. The second kappa shape index (κ2) is 4.64. The highest BCUT2D eigenvalue weighted by atomic mass is 16.3. The summed E-state index contributed by atoms with van der Waals surface area (Å²) in [6, 6.07) is 3.99. The molecule has 0 amide bonds. The summed E-state index contributed by atoms with van der Waals surface area (Å²) in [5.41, 5.74) is 2.52. The van der Waals surface area contributed by atoms with E-state index in [1.807, 2.05) is 38.4 Å². The molecule has 3 heterocycles. The molecule has 0 saturated carbocycles. The first-order valence-electron chi connectivity index (χ1n) is 5.98. The molecule has 0 saturated heterocycles. The van der Waals surface area contributed by atoms with Gasteiger partial charge in [-0.15, -0.1) is 5.10 Å². The zero-order valence-electron chi connectivity index (χ0n) is 10.7. The third-order valence-corrected chi connectivity index (χ3v) is 3.06. The Morgan fingerprint density at radius 3 is 2.95 bits per heavy atom. The van der Waals surface area contributed by atoms with E-state index < -0.39 is 0 Å². The molecule has 0 aliphatic carbocycles. The van der Waals surface area contributed by atoms with Gasteiger partial charge in [0.05, 0.1) is 12.2 Å². The van der Waals surface area contributed by atoms with E-state index in [2.05, 4.69) is 20.3 Å². The van der Waals surface area contributed by atoms with Gasteiger partial charge in [0, 0.05) is 12.4 Å². The SMILES string of the molecule is Cc1ocnc1-c1cn([C@H](C)c2cccnc2)nn1. The van der Waals surface area contributed by atoms with Gasteiger partial charge in [0.25, 0.3) is 0 Å². The Hall–Kier alpha value is -2.50. The quantitative estimate of drug-likeness (QED) is 0.717. The Bertz CT molecular complexity index is 673. The lowest BCUT2D eigenvalue weighted by atomic mass is 10.1. The topological polar surface area (TPSA) is 69.6 Å². The largest absolute Gasteiger partial charge is 0.448 e. The van der Waals surface area contributed by atoms with Crippen LogP contribution in [0.25, 0.3) is 11.4 Å². The van der Waals surface area contributed by atoms with Gasteiger partial charge in [-0.2, -0.15) is 0 Å². The molecule has 6 nitrogen and oxygen atoms in total. The van der Waals surface area contributed by atoms with Crippen LogP contribution >= 0.6 is 0 Å². The standard InChI is InChI=1S/C13H13N5O/c1-9(11-4-3-5-14-6-11)18-7-12(16-17-18)13-10(2)19-8-15-13/h3-9H,1-2H3/t9-/m1/s1. The van der Waals surface area contributed by atoms with Crippen LogP contribution in [-0.2, 0) is 0 Å². The molecule has 3 aromatic rings. The average Bonchev–Trinajstić information content (AvgIpc) is 3.07. The first-order valence-corrected chi connectivity index (χ1v) is 5.98. The van der Waals surface area contributed by atoms with Gasteiger partial charge in [-0.1, -0.05) is 11.3 Å². The van der Waals surface area contributed by atoms with Crippen LogP contribution in [0.4, 0.5) is 0 Å². The van der Waals surface area contributed by atoms with Crippen molar-refractivity contribution in [3.8, 4) is 11.4 Å². The summed E-state index contributed by atoms with van der Waals surface area (Å²) in [7, 11) is 0. The highest BCUT2D eigenvalue weighted by Crippen LogP contribution is 2.21. The van der Waals surface area contributed by atoms with Crippen LogP contribution in [0.3, 0.4) is 0 Å². The van der Waals surface area contributed by atoms with E-state index in [9.17, 15) is 0 Å². The molecule has 96 valence electrons. The van der Waals surface area contributed by atoms with Crippen LogP contribution in [-0.4, -0.2) is 25.0 Å². The molecular formula is C13H13N5O. The molecule has 0 aliphatic heterocycles. The van der Waals surface area contributed by atoms with Gasteiger partial charge >= 0.3 is 0 Å². The Morgan fingerprint density at radius 2 is 2.26 bits per heavy atom. The smallest absolute Gasteiger partial charge is 0.181 e. The van der Waals surface area contributed by atoms with Crippen molar-refractivity contribution in [2.45, 2.75) is 19.9 Å². The minimum atomic E-state index is 0.0714. The zero-order valence-corrected chi connectivity index (χ0v) is 10.7. The Labute approximate surface area is 110 Å². The second-order valence-electron chi connectivity index (χ2n) is 4.30. The molecule has 0 bridgehead atoms. The molecule has 3 rings (SSSR count). The summed E-state index contributed by atoms with van der Waals surface area (Å²) >= 11 is 0. The lowest BCUT2D eigenvalue weighted by molar-refractivity contribution is 0.527. The zero-order chi connectivity index (χ0) is 13.2. The number of hydrogen-bond donors (Lipinski definition) is 0. The number of pyridine rings is 1. The molecule has 0 N–H and O–H groups in total. The molecular weight excluding hydrogens is 242 g/mol. The van der Waals surface area contributed by atoms with E-state index in [-0.39, 0.29) is 6.04 Å². The van der Waals surface area contributed by atoms with Crippen molar-refractivity contribution in [1.29, 1.82) is 0 Å². The molecule has 0 unspecified atom stereocenters. The molecule has 0 spiro atoms. The molecule has 0 radical (unpaired) electrons. The van der Waals surface area contributed by atoms with E-state index in [0.717, 1.165) is 17.0 Å². The van der Waals surface area contributed by atoms with Crippen LogP contribution in [0.1, 0.15) is 24.3 Å². The lowest BCUT2D eigenvalue weighted by Gasteiger charge is -2.10. The average molecular weight is 255 g/mol. The number of aryl methyl sites for hydroxylation is 1. The fourth-order valence-corrected chi connectivity index (χ4v) is 1.90. The predicted molar refractivity (Wildman–Crippen MR) is 68.3 cm³/mol.